The Labute approximate surface area is 134 Å². The van der Waals surface area contributed by atoms with Crippen molar-refractivity contribution in [2.75, 3.05) is 17.7 Å². The first-order chi connectivity index (χ1) is 10.8. The highest BCUT2D eigenvalue weighted by molar-refractivity contribution is 7.99. The molecule has 0 spiro atoms. The normalized spacial score (nSPS) is 10.2. The van der Waals surface area contributed by atoms with Gasteiger partial charge in [-0.3, -0.25) is 5.32 Å². The van der Waals surface area contributed by atoms with Crippen LogP contribution in [-0.2, 0) is 11.3 Å². The second-order valence-corrected chi connectivity index (χ2v) is 5.81. The maximum absolute atomic E-state index is 11.7. The standard InChI is InChI=1S/C17H19NO3S/c19-11-4-12-22-16-9-7-15(8-10-16)18-17(20)21-13-14-5-2-1-3-6-14/h1-3,5-10,19H,4,11-13H2,(H,18,20). The third-order valence-electron chi connectivity index (χ3n) is 2.88. The molecular weight excluding hydrogens is 298 g/mol. The SMILES string of the molecule is O=C(Nc1ccc(SCCCO)cc1)OCc1ccccc1. The van der Waals surface area contributed by atoms with E-state index in [0.717, 1.165) is 22.6 Å². The molecule has 116 valence electrons. The van der Waals surface area contributed by atoms with E-state index < -0.39 is 6.09 Å². The molecule has 2 aromatic rings. The van der Waals surface area contributed by atoms with Gasteiger partial charge in [0.05, 0.1) is 0 Å². The summed E-state index contributed by atoms with van der Waals surface area (Å²) in [5.41, 5.74) is 1.65. The molecule has 5 heteroatoms. The van der Waals surface area contributed by atoms with Crippen molar-refractivity contribution in [3.05, 3.63) is 60.2 Å². The lowest BCUT2D eigenvalue weighted by atomic mass is 10.2. The first-order valence-electron chi connectivity index (χ1n) is 7.09. The molecular formula is C17H19NO3S. The van der Waals surface area contributed by atoms with Crippen LogP contribution in [0.5, 0.6) is 0 Å². The van der Waals surface area contributed by atoms with Gasteiger partial charge in [-0.1, -0.05) is 30.3 Å². The predicted octanol–water partition coefficient (Wildman–Crippen LogP) is 3.91. The van der Waals surface area contributed by atoms with Crippen molar-refractivity contribution >= 4 is 23.5 Å². The Kier molecular flexibility index (Phi) is 6.80. The average molecular weight is 317 g/mol. The van der Waals surface area contributed by atoms with E-state index in [0.29, 0.717) is 5.69 Å². The van der Waals surface area contributed by atoms with E-state index >= 15 is 0 Å². The summed E-state index contributed by atoms with van der Waals surface area (Å²) >= 11 is 1.68. The van der Waals surface area contributed by atoms with Gasteiger partial charge >= 0.3 is 6.09 Å². The molecule has 0 unspecified atom stereocenters. The molecule has 0 fully saturated rings. The van der Waals surface area contributed by atoms with Gasteiger partial charge in [0.1, 0.15) is 6.61 Å². The molecule has 2 aromatic carbocycles. The third-order valence-corrected chi connectivity index (χ3v) is 3.98. The number of thioether (sulfide) groups is 1. The van der Waals surface area contributed by atoms with Crippen molar-refractivity contribution in [1.82, 2.24) is 0 Å². The first kappa shape index (κ1) is 16.4. The molecule has 0 aliphatic rings. The van der Waals surface area contributed by atoms with E-state index in [4.69, 9.17) is 9.84 Å². The summed E-state index contributed by atoms with van der Waals surface area (Å²) < 4.78 is 5.16. The van der Waals surface area contributed by atoms with Crippen LogP contribution >= 0.6 is 11.8 Å². The van der Waals surface area contributed by atoms with Crippen molar-refractivity contribution in [3.8, 4) is 0 Å². The summed E-state index contributed by atoms with van der Waals surface area (Å²) in [5.74, 6) is 0.877. The second-order valence-electron chi connectivity index (χ2n) is 4.64. The summed E-state index contributed by atoms with van der Waals surface area (Å²) in [6.45, 7) is 0.460. The lowest BCUT2D eigenvalue weighted by Crippen LogP contribution is -2.13. The molecule has 2 rings (SSSR count). The Balaban J connectivity index is 1.76. The molecule has 4 nitrogen and oxygen atoms in total. The van der Waals surface area contributed by atoms with Crippen LogP contribution in [0, 0.1) is 0 Å². The quantitative estimate of drug-likeness (QED) is 0.600. The number of nitrogens with one attached hydrogen (secondary N) is 1. The van der Waals surface area contributed by atoms with Gasteiger partial charge < -0.3 is 9.84 Å². The number of anilines is 1. The van der Waals surface area contributed by atoms with Gasteiger partial charge in [-0.15, -0.1) is 11.8 Å². The Morgan fingerprint density at radius 2 is 1.82 bits per heavy atom. The minimum absolute atomic E-state index is 0.208. The van der Waals surface area contributed by atoms with Crippen LogP contribution in [0.25, 0.3) is 0 Å². The molecule has 1 amide bonds. The molecule has 0 saturated carbocycles. The van der Waals surface area contributed by atoms with E-state index in [1.807, 2.05) is 54.6 Å². The number of amides is 1. The highest BCUT2D eigenvalue weighted by Gasteiger charge is 2.04. The van der Waals surface area contributed by atoms with E-state index in [1.54, 1.807) is 11.8 Å². The van der Waals surface area contributed by atoms with E-state index in [9.17, 15) is 4.79 Å². The summed E-state index contributed by atoms with van der Waals surface area (Å²) in [4.78, 5) is 12.8. The zero-order valence-electron chi connectivity index (χ0n) is 12.2. The molecule has 0 aliphatic heterocycles. The number of carbonyl (C=O) groups excluding carboxylic acids is 1. The fourth-order valence-electron chi connectivity index (χ4n) is 1.77. The molecule has 0 heterocycles. The smallest absolute Gasteiger partial charge is 0.411 e. The number of carbonyl (C=O) groups is 1. The Morgan fingerprint density at radius 1 is 1.09 bits per heavy atom. The minimum Gasteiger partial charge on any atom is -0.444 e. The van der Waals surface area contributed by atoms with Gasteiger partial charge in [0, 0.05) is 22.9 Å². The van der Waals surface area contributed by atoms with Crippen molar-refractivity contribution in [3.63, 3.8) is 0 Å². The number of aliphatic hydroxyl groups excluding tert-OH is 1. The number of ether oxygens (including phenoxy) is 1. The number of rotatable bonds is 7. The highest BCUT2D eigenvalue weighted by atomic mass is 32.2. The average Bonchev–Trinajstić information content (AvgIpc) is 2.56. The first-order valence-corrected chi connectivity index (χ1v) is 8.08. The summed E-state index contributed by atoms with van der Waals surface area (Å²) in [6, 6.07) is 17.1. The number of hydrogen-bond donors (Lipinski definition) is 2. The molecule has 0 radical (unpaired) electrons. The van der Waals surface area contributed by atoms with Gasteiger partial charge in [-0.2, -0.15) is 0 Å². The fraction of sp³-hybridized carbons (Fsp3) is 0.235. The lowest BCUT2D eigenvalue weighted by molar-refractivity contribution is 0.155. The van der Waals surface area contributed by atoms with Gasteiger partial charge in [0.15, 0.2) is 0 Å². The predicted molar refractivity (Wildman–Crippen MR) is 89.1 cm³/mol. The van der Waals surface area contributed by atoms with Crippen molar-refractivity contribution in [2.24, 2.45) is 0 Å². The van der Waals surface area contributed by atoms with Crippen LogP contribution in [0.4, 0.5) is 10.5 Å². The molecule has 2 N–H and O–H groups in total. The maximum atomic E-state index is 11.7. The van der Waals surface area contributed by atoms with E-state index in [-0.39, 0.29) is 13.2 Å². The lowest BCUT2D eigenvalue weighted by Gasteiger charge is -2.08. The summed E-state index contributed by atoms with van der Waals surface area (Å²) in [5, 5.41) is 11.4. The van der Waals surface area contributed by atoms with Crippen LogP contribution in [0.15, 0.2) is 59.5 Å². The summed E-state index contributed by atoms with van der Waals surface area (Å²) in [7, 11) is 0. The van der Waals surface area contributed by atoms with Crippen molar-refractivity contribution in [1.29, 1.82) is 0 Å². The van der Waals surface area contributed by atoms with Gasteiger partial charge in [-0.25, -0.2) is 4.79 Å². The number of aliphatic hydroxyl groups is 1. The number of benzene rings is 2. The largest absolute Gasteiger partial charge is 0.444 e. The van der Waals surface area contributed by atoms with Crippen LogP contribution in [0.3, 0.4) is 0 Å². The van der Waals surface area contributed by atoms with E-state index in [1.165, 1.54) is 0 Å². The Hall–Kier alpha value is -1.98. The van der Waals surface area contributed by atoms with Crippen molar-refractivity contribution < 1.29 is 14.6 Å². The van der Waals surface area contributed by atoms with Crippen LogP contribution < -0.4 is 5.32 Å². The monoisotopic (exact) mass is 317 g/mol. The van der Waals surface area contributed by atoms with Gasteiger partial charge in [-0.05, 0) is 36.2 Å². The van der Waals surface area contributed by atoms with Crippen LogP contribution in [0.1, 0.15) is 12.0 Å². The van der Waals surface area contributed by atoms with Gasteiger partial charge in [0.25, 0.3) is 0 Å². The number of hydrogen-bond acceptors (Lipinski definition) is 4. The second kappa shape index (κ2) is 9.12. The Morgan fingerprint density at radius 3 is 2.50 bits per heavy atom. The van der Waals surface area contributed by atoms with Gasteiger partial charge in [0.2, 0.25) is 0 Å². The zero-order valence-corrected chi connectivity index (χ0v) is 13.0. The third kappa shape index (κ3) is 5.79. The Bertz CT molecular complexity index is 572. The van der Waals surface area contributed by atoms with Crippen LogP contribution in [0.2, 0.25) is 0 Å². The molecule has 22 heavy (non-hydrogen) atoms. The fourth-order valence-corrected chi connectivity index (χ4v) is 2.60. The minimum atomic E-state index is -0.468. The molecule has 0 atom stereocenters. The van der Waals surface area contributed by atoms with E-state index in [2.05, 4.69) is 5.32 Å². The zero-order chi connectivity index (χ0) is 15.6. The maximum Gasteiger partial charge on any atom is 0.411 e. The van der Waals surface area contributed by atoms with Crippen LogP contribution in [-0.4, -0.2) is 23.6 Å². The molecule has 0 aliphatic carbocycles. The molecule has 0 saturated heterocycles. The molecule has 0 aromatic heterocycles. The molecule has 0 bridgehead atoms. The van der Waals surface area contributed by atoms with Crippen molar-refractivity contribution in [2.45, 2.75) is 17.9 Å². The highest BCUT2D eigenvalue weighted by Crippen LogP contribution is 2.21. The topological polar surface area (TPSA) is 58.6 Å². The summed E-state index contributed by atoms with van der Waals surface area (Å²) in [6.07, 6.45) is 0.306.